The molecule has 2 N–H and O–H groups in total. The van der Waals surface area contributed by atoms with Crippen LogP contribution in [0.4, 0.5) is 0 Å². The molecule has 1 aromatic carbocycles. The number of benzene rings is 1. The van der Waals surface area contributed by atoms with Gasteiger partial charge in [-0.2, -0.15) is 0 Å². The van der Waals surface area contributed by atoms with Gasteiger partial charge in [0.05, 0.1) is 0 Å². The van der Waals surface area contributed by atoms with Gasteiger partial charge in [-0.15, -0.1) is 0 Å². The van der Waals surface area contributed by atoms with Crippen LogP contribution in [-0.4, -0.2) is 30.4 Å². The zero-order chi connectivity index (χ0) is 36.2. The van der Waals surface area contributed by atoms with Crippen LogP contribution in [-0.2, 0) is 25.7 Å². The monoisotopic (exact) mass is 699 g/mol. The molecule has 0 saturated heterocycles. The molecule has 0 bridgehead atoms. The van der Waals surface area contributed by atoms with Crippen molar-refractivity contribution in [3.63, 3.8) is 0 Å². The molecule has 0 radical (unpaired) electrons. The number of amides is 2. The average molecular weight is 699 g/mol. The molecule has 0 aliphatic heterocycles. The van der Waals surface area contributed by atoms with E-state index in [4.69, 9.17) is 4.74 Å². The molecule has 0 unspecified atom stereocenters. The Kier molecular flexibility index (Phi) is 32.0. The molecule has 0 saturated carbocycles. The van der Waals surface area contributed by atoms with Gasteiger partial charge in [0.25, 0.3) is 0 Å². The summed E-state index contributed by atoms with van der Waals surface area (Å²) in [4.78, 5) is 38.4. The highest BCUT2D eigenvalue weighted by atomic mass is 16.5. The predicted molar refractivity (Wildman–Crippen MR) is 211 cm³/mol. The summed E-state index contributed by atoms with van der Waals surface area (Å²) in [6.07, 6.45) is 35.3. The van der Waals surface area contributed by atoms with E-state index >= 15 is 0 Å². The molecular weight excluding hydrogens is 620 g/mol. The largest absolute Gasteiger partial charge is 0.461 e. The Hall–Kier alpha value is -2.37. The number of hydrogen-bond donors (Lipinski definition) is 2. The van der Waals surface area contributed by atoms with Gasteiger partial charge in [-0.25, -0.2) is 0 Å². The topological polar surface area (TPSA) is 84.5 Å². The van der Waals surface area contributed by atoms with Crippen molar-refractivity contribution in [1.82, 2.24) is 10.6 Å². The van der Waals surface area contributed by atoms with E-state index in [2.05, 4.69) is 24.5 Å². The maximum absolute atomic E-state index is 13.1. The van der Waals surface area contributed by atoms with Crippen molar-refractivity contribution in [3.8, 4) is 0 Å². The van der Waals surface area contributed by atoms with Crippen molar-refractivity contribution < 1.29 is 19.1 Å². The second kappa shape index (κ2) is 35.1. The molecule has 0 aliphatic rings. The molecule has 288 valence electrons. The minimum atomic E-state index is -0.722. The molecule has 0 aliphatic carbocycles. The van der Waals surface area contributed by atoms with Crippen molar-refractivity contribution >= 4 is 17.8 Å². The van der Waals surface area contributed by atoms with E-state index in [1.807, 2.05) is 30.3 Å². The van der Waals surface area contributed by atoms with E-state index in [1.165, 1.54) is 141 Å². The standard InChI is InChI=1S/C44H78N2O4/c1-3-5-7-9-11-13-15-17-18-19-20-22-24-26-31-35-42(47)46-41(36-37-43(48)50-39-40-33-29-28-30-34-40)44(49)45-38-32-27-25-23-21-16-14-12-10-8-6-4-2/h28-30,33-34,41H,3-27,31-32,35-39H2,1-2H3,(H,45,49)(H,46,47)/t41-/m0/s1. The maximum Gasteiger partial charge on any atom is 0.306 e. The van der Waals surface area contributed by atoms with Crippen LogP contribution in [0.2, 0.25) is 0 Å². The summed E-state index contributed by atoms with van der Waals surface area (Å²) in [5, 5.41) is 5.95. The first-order chi connectivity index (χ1) is 24.6. The van der Waals surface area contributed by atoms with Gasteiger partial charge in [0.15, 0.2) is 0 Å². The second-order valence-corrected chi connectivity index (χ2v) is 14.7. The molecule has 0 fully saturated rings. The Morgan fingerprint density at radius 1 is 0.540 bits per heavy atom. The second-order valence-electron chi connectivity index (χ2n) is 14.7. The molecular formula is C44H78N2O4. The molecule has 50 heavy (non-hydrogen) atoms. The summed E-state index contributed by atoms with van der Waals surface area (Å²) in [5.41, 5.74) is 0.925. The lowest BCUT2D eigenvalue weighted by atomic mass is 10.0. The highest BCUT2D eigenvalue weighted by Crippen LogP contribution is 2.15. The fraction of sp³-hybridized carbons (Fsp3) is 0.795. The van der Waals surface area contributed by atoms with Crippen LogP contribution in [0.1, 0.15) is 212 Å². The van der Waals surface area contributed by atoms with E-state index < -0.39 is 6.04 Å². The lowest BCUT2D eigenvalue weighted by molar-refractivity contribution is -0.145. The predicted octanol–water partition coefficient (Wildman–Crippen LogP) is 12.1. The van der Waals surface area contributed by atoms with E-state index in [9.17, 15) is 14.4 Å². The molecule has 0 aromatic heterocycles. The van der Waals surface area contributed by atoms with Gasteiger partial charge in [-0.1, -0.05) is 205 Å². The van der Waals surface area contributed by atoms with Gasteiger partial charge in [0.2, 0.25) is 11.8 Å². The Bertz CT molecular complexity index is 922. The molecule has 1 rings (SSSR count). The molecule has 1 atom stereocenters. The summed E-state index contributed by atoms with van der Waals surface area (Å²) in [6, 6.07) is 8.85. The van der Waals surface area contributed by atoms with Crippen LogP contribution in [0, 0.1) is 0 Å². The fourth-order valence-corrected chi connectivity index (χ4v) is 6.57. The summed E-state index contributed by atoms with van der Waals surface area (Å²) in [5.74, 6) is -0.666. The zero-order valence-corrected chi connectivity index (χ0v) is 32.7. The highest BCUT2D eigenvalue weighted by Gasteiger charge is 2.22. The van der Waals surface area contributed by atoms with E-state index in [0.717, 1.165) is 37.7 Å². The fourth-order valence-electron chi connectivity index (χ4n) is 6.57. The van der Waals surface area contributed by atoms with Crippen LogP contribution in [0.15, 0.2) is 30.3 Å². The Morgan fingerprint density at radius 3 is 1.42 bits per heavy atom. The van der Waals surface area contributed by atoms with E-state index in [-0.39, 0.29) is 37.2 Å². The first-order valence-corrected chi connectivity index (χ1v) is 21.3. The summed E-state index contributed by atoms with van der Waals surface area (Å²) in [6.45, 7) is 5.34. The van der Waals surface area contributed by atoms with Crippen LogP contribution in [0.3, 0.4) is 0 Å². The number of carbonyl (C=O) groups is 3. The van der Waals surface area contributed by atoms with Crippen molar-refractivity contribution in [2.24, 2.45) is 0 Å². The number of ether oxygens (including phenoxy) is 1. The Balaban J connectivity index is 2.26. The first kappa shape index (κ1) is 45.7. The molecule has 6 heteroatoms. The number of carbonyl (C=O) groups excluding carboxylic acids is 3. The smallest absolute Gasteiger partial charge is 0.306 e. The third-order valence-corrected chi connectivity index (χ3v) is 9.87. The van der Waals surface area contributed by atoms with E-state index in [0.29, 0.717) is 13.0 Å². The van der Waals surface area contributed by atoms with Crippen LogP contribution >= 0.6 is 0 Å². The van der Waals surface area contributed by atoms with Crippen LogP contribution in [0.5, 0.6) is 0 Å². The van der Waals surface area contributed by atoms with Crippen molar-refractivity contribution in [2.75, 3.05) is 6.54 Å². The van der Waals surface area contributed by atoms with Crippen LogP contribution < -0.4 is 10.6 Å². The number of hydrogen-bond acceptors (Lipinski definition) is 4. The molecule has 1 aromatic rings. The van der Waals surface area contributed by atoms with E-state index in [1.54, 1.807) is 0 Å². The van der Waals surface area contributed by atoms with Gasteiger partial charge in [0.1, 0.15) is 12.6 Å². The number of rotatable bonds is 36. The number of esters is 1. The highest BCUT2D eigenvalue weighted by molar-refractivity contribution is 5.88. The lowest BCUT2D eigenvalue weighted by Gasteiger charge is -2.18. The number of unbranched alkanes of at least 4 members (excludes halogenated alkanes) is 25. The Morgan fingerprint density at radius 2 is 0.960 bits per heavy atom. The molecule has 6 nitrogen and oxygen atoms in total. The van der Waals surface area contributed by atoms with Crippen LogP contribution in [0.25, 0.3) is 0 Å². The summed E-state index contributed by atoms with van der Waals surface area (Å²) in [7, 11) is 0. The first-order valence-electron chi connectivity index (χ1n) is 21.3. The van der Waals surface area contributed by atoms with Gasteiger partial charge in [0, 0.05) is 19.4 Å². The Labute approximate surface area is 308 Å². The lowest BCUT2D eigenvalue weighted by Crippen LogP contribution is -2.47. The SMILES string of the molecule is CCCCCCCCCCCCCCCCCC(=O)N[C@@H](CCC(=O)OCc1ccccc1)C(=O)NCCCCCCCCCCCCCC. The van der Waals surface area contributed by atoms with Crippen molar-refractivity contribution in [3.05, 3.63) is 35.9 Å². The van der Waals surface area contributed by atoms with Crippen molar-refractivity contribution in [1.29, 1.82) is 0 Å². The van der Waals surface area contributed by atoms with Gasteiger partial charge in [-0.3, -0.25) is 14.4 Å². The van der Waals surface area contributed by atoms with Crippen molar-refractivity contribution in [2.45, 2.75) is 219 Å². The molecule has 2 amide bonds. The minimum Gasteiger partial charge on any atom is -0.461 e. The van der Waals surface area contributed by atoms with Gasteiger partial charge >= 0.3 is 5.97 Å². The summed E-state index contributed by atoms with van der Waals surface area (Å²) < 4.78 is 5.42. The average Bonchev–Trinajstić information content (AvgIpc) is 3.13. The zero-order valence-electron chi connectivity index (χ0n) is 32.7. The van der Waals surface area contributed by atoms with Gasteiger partial charge < -0.3 is 15.4 Å². The molecule has 0 spiro atoms. The maximum atomic E-state index is 13.1. The quantitative estimate of drug-likeness (QED) is 0.0539. The third kappa shape index (κ3) is 29.4. The van der Waals surface area contributed by atoms with Gasteiger partial charge in [-0.05, 0) is 24.8 Å². The minimum absolute atomic E-state index is 0.0861. The number of nitrogens with one attached hydrogen (secondary N) is 2. The normalized spacial score (nSPS) is 11.7. The molecule has 0 heterocycles. The third-order valence-electron chi connectivity index (χ3n) is 9.87. The summed E-state index contributed by atoms with van der Waals surface area (Å²) >= 11 is 0.